The second-order valence-corrected chi connectivity index (χ2v) is 4.65. The van der Waals surface area contributed by atoms with Gasteiger partial charge in [0.25, 0.3) is 0 Å². The summed E-state index contributed by atoms with van der Waals surface area (Å²) < 4.78 is 1.01. The SMILES string of the molecule is CC1(c2cccc(Br)c2)NCCC1=O.Cl. The first-order chi connectivity index (χ1) is 6.63. The van der Waals surface area contributed by atoms with Crippen LogP contribution in [0.2, 0.25) is 0 Å². The van der Waals surface area contributed by atoms with Crippen LogP contribution in [0.1, 0.15) is 18.9 Å². The molecule has 0 bridgehead atoms. The third kappa shape index (κ3) is 2.25. The molecule has 2 rings (SSSR count). The van der Waals surface area contributed by atoms with E-state index in [1.165, 1.54) is 0 Å². The quantitative estimate of drug-likeness (QED) is 0.861. The first kappa shape index (κ1) is 12.7. The number of halogens is 2. The van der Waals surface area contributed by atoms with E-state index < -0.39 is 5.54 Å². The fourth-order valence-electron chi connectivity index (χ4n) is 1.84. The van der Waals surface area contributed by atoms with Crippen molar-refractivity contribution in [2.24, 2.45) is 0 Å². The van der Waals surface area contributed by atoms with Crippen molar-refractivity contribution in [1.29, 1.82) is 0 Å². The maximum absolute atomic E-state index is 11.7. The molecule has 1 aromatic carbocycles. The first-order valence-corrected chi connectivity index (χ1v) is 5.46. The minimum absolute atomic E-state index is 0. The Morgan fingerprint density at radius 2 is 2.20 bits per heavy atom. The minimum atomic E-state index is -0.482. The Bertz CT molecular complexity index is 383. The predicted molar refractivity (Wildman–Crippen MR) is 66.4 cm³/mol. The van der Waals surface area contributed by atoms with Gasteiger partial charge in [-0.25, -0.2) is 0 Å². The topological polar surface area (TPSA) is 29.1 Å². The number of carbonyl (C=O) groups excluding carboxylic acids is 1. The van der Waals surface area contributed by atoms with E-state index in [1.54, 1.807) is 0 Å². The Labute approximate surface area is 104 Å². The van der Waals surface area contributed by atoms with Gasteiger partial charge in [0.15, 0.2) is 5.78 Å². The van der Waals surface area contributed by atoms with Crippen LogP contribution in [0.5, 0.6) is 0 Å². The number of ketones is 1. The van der Waals surface area contributed by atoms with Crippen LogP contribution in [-0.2, 0) is 10.3 Å². The van der Waals surface area contributed by atoms with Crippen LogP contribution in [0.15, 0.2) is 28.7 Å². The van der Waals surface area contributed by atoms with Crippen molar-refractivity contribution in [2.75, 3.05) is 6.54 Å². The highest BCUT2D eigenvalue weighted by molar-refractivity contribution is 9.10. The predicted octanol–water partition coefficient (Wildman–Crippen LogP) is 2.65. The van der Waals surface area contributed by atoms with Gasteiger partial charge in [0.05, 0.1) is 0 Å². The maximum atomic E-state index is 11.7. The van der Waals surface area contributed by atoms with Crippen molar-refractivity contribution in [3.8, 4) is 0 Å². The molecule has 1 heterocycles. The molecule has 15 heavy (non-hydrogen) atoms. The number of hydrogen-bond acceptors (Lipinski definition) is 2. The fraction of sp³-hybridized carbons (Fsp3) is 0.364. The van der Waals surface area contributed by atoms with Crippen LogP contribution in [0.25, 0.3) is 0 Å². The second kappa shape index (κ2) is 4.64. The molecule has 1 aliphatic heterocycles. The zero-order chi connectivity index (χ0) is 10.2. The standard InChI is InChI=1S/C11H12BrNO.ClH/c1-11(10(14)5-6-13-11)8-3-2-4-9(12)7-8;/h2-4,7,13H,5-6H2,1H3;1H. The Morgan fingerprint density at radius 1 is 1.47 bits per heavy atom. The second-order valence-electron chi connectivity index (χ2n) is 3.74. The number of carbonyl (C=O) groups is 1. The van der Waals surface area contributed by atoms with Gasteiger partial charge in [-0.05, 0) is 24.6 Å². The van der Waals surface area contributed by atoms with Gasteiger partial charge in [-0.2, -0.15) is 0 Å². The van der Waals surface area contributed by atoms with Crippen LogP contribution in [0.3, 0.4) is 0 Å². The zero-order valence-corrected chi connectivity index (χ0v) is 10.8. The molecule has 1 aliphatic rings. The van der Waals surface area contributed by atoms with E-state index in [4.69, 9.17) is 0 Å². The molecule has 4 heteroatoms. The molecule has 82 valence electrons. The van der Waals surface area contributed by atoms with E-state index in [0.717, 1.165) is 16.6 Å². The summed E-state index contributed by atoms with van der Waals surface area (Å²) in [4.78, 5) is 11.7. The van der Waals surface area contributed by atoms with E-state index in [-0.39, 0.29) is 18.2 Å². The van der Waals surface area contributed by atoms with Gasteiger partial charge in [0.1, 0.15) is 5.54 Å². The smallest absolute Gasteiger partial charge is 0.158 e. The number of Topliss-reactive ketones (excluding diaryl/α,β-unsaturated/α-hetero) is 1. The molecule has 0 spiro atoms. The van der Waals surface area contributed by atoms with Gasteiger partial charge >= 0.3 is 0 Å². The Morgan fingerprint density at radius 3 is 2.73 bits per heavy atom. The van der Waals surface area contributed by atoms with Crippen LogP contribution in [0.4, 0.5) is 0 Å². The van der Waals surface area contributed by atoms with Crippen molar-refractivity contribution in [3.63, 3.8) is 0 Å². The summed E-state index contributed by atoms with van der Waals surface area (Å²) in [6, 6.07) is 7.90. The van der Waals surface area contributed by atoms with Gasteiger partial charge in [0.2, 0.25) is 0 Å². The van der Waals surface area contributed by atoms with Crippen LogP contribution < -0.4 is 5.32 Å². The first-order valence-electron chi connectivity index (χ1n) is 4.67. The third-order valence-corrected chi connectivity index (χ3v) is 3.28. The van der Waals surface area contributed by atoms with Crippen LogP contribution in [0, 0.1) is 0 Å². The highest BCUT2D eigenvalue weighted by atomic mass is 79.9. The number of benzene rings is 1. The average molecular weight is 291 g/mol. The Balaban J connectivity index is 0.00000112. The van der Waals surface area contributed by atoms with Crippen molar-refractivity contribution in [2.45, 2.75) is 18.9 Å². The summed E-state index contributed by atoms with van der Waals surface area (Å²) in [5.41, 5.74) is 0.554. The summed E-state index contributed by atoms with van der Waals surface area (Å²) in [7, 11) is 0. The monoisotopic (exact) mass is 289 g/mol. The highest BCUT2D eigenvalue weighted by Crippen LogP contribution is 2.28. The lowest BCUT2D eigenvalue weighted by Crippen LogP contribution is -2.38. The summed E-state index contributed by atoms with van der Waals surface area (Å²) >= 11 is 3.41. The molecule has 0 aromatic heterocycles. The molecular formula is C11H13BrClNO. The van der Waals surface area contributed by atoms with Gasteiger partial charge in [0, 0.05) is 17.4 Å². The van der Waals surface area contributed by atoms with Gasteiger partial charge in [-0.3, -0.25) is 4.79 Å². The van der Waals surface area contributed by atoms with E-state index in [0.29, 0.717) is 6.42 Å². The Kier molecular flexibility index (Phi) is 3.93. The molecule has 0 amide bonds. The largest absolute Gasteiger partial charge is 0.301 e. The van der Waals surface area contributed by atoms with Gasteiger partial charge in [-0.1, -0.05) is 28.1 Å². The van der Waals surface area contributed by atoms with E-state index in [2.05, 4.69) is 21.2 Å². The molecule has 1 N–H and O–H groups in total. The van der Waals surface area contributed by atoms with Crippen molar-refractivity contribution in [1.82, 2.24) is 5.32 Å². The number of nitrogens with one attached hydrogen (secondary N) is 1. The maximum Gasteiger partial charge on any atom is 0.158 e. The molecule has 1 unspecified atom stereocenters. The summed E-state index contributed by atoms with van der Waals surface area (Å²) in [5.74, 6) is 0.274. The molecule has 0 radical (unpaired) electrons. The van der Waals surface area contributed by atoms with Crippen molar-refractivity contribution in [3.05, 3.63) is 34.3 Å². The lowest BCUT2D eigenvalue weighted by atomic mass is 9.90. The van der Waals surface area contributed by atoms with Crippen LogP contribution in [-0.4, -0.2) is 12.3 Å². The molecule has 1 saturated heterocycles. The lowest BCUT2D eigenvalue weighted by Gasteiger charge is -2.23. The zero-order valence-electron chi connectivity index (χ0n) is 8.42. The van der Waals surface area contributed by atoms with Crippen LogP contribution >= 0.6 is 28.3 Å². The van der Waals surface area contributed by atoms with E-state index in [1.807, 2.05) is 31.2 Å². The summed E-state index contributed by atoms with van der Waals surface area (Å²) in [6.07, 6.45) is 0.628. The van der Waals surface area contributed by atoms with Crippen molar-refractivity contribution < 1.29 is 4.79 Å². The molecule has 0 aliphatic carbocycles. The van der Waals surface area contributed by atoms with Gasteiger partial charge < -0.3 is 5.32 Å². The molecule has 2 nitrogen and oxygen atoms in total. The molecule has 1 fully saturated rings. The number of rotatable bonds is 1. The normalized spacial score (nSPS) is 25.1. The number of hydrogen-bond donors (Lipinski definition) is 1. The summed E-state index contributed by atoms with van der Waals surface area (Å²) in [5, 5.41) is 3.26. The molecular weight excluding hydrogens is 277 g/mol. The molecule has 1 atom stereocenters. The lowest BCUT2D eigenvalue weighted by molar-refractivity contribution is -0.122. The van der Waals surface area contributed by atoms with Gasteiger partial charge in [-0.15, -0.1) is 12.4 Å². The van der Waals surface area contributed by atoms with E-state index >= 15 is 0 Å². The average Bonchev–Trinajstić information content (AvgIpc) is 2.49. The van der Waals surface area contributed by atoms with E-state index in [9.17, 15) is 4.79 Å². The molecule has 0 saturated carbocycles. The van der Waals surface area contributed by atoms with Crippen molar-refractivity contribution >= 4 is 34.1 Å². The Hall–Kier alpha value is -0.380. The minimum Gasteiger partial charge on any atom is -0.301 e. The fourth-order valence-corrected chi connectivity index (χ4v) is 2.24. The molecule has 1 aromatic rings. The summed E-state index contributed by atoms with van der Waals surface area (Å²) in [6.45, 7) is 2.73. The highest BCUT2D eigenvalue weighted by Gasteiger charge is 2.38. The third-order valence-electron chi connectivity index (χ3n) is 2.79.